The lowest BCUT2D eigenvalue weighted by Gasteiger charge is -2.22. The van der Waals surface area contributed by atoms with Gasteiger partial charge in [0.1, 0.15) is 0 Å². The van der Waals surface area contributed by atoms with Gasteiger partial charge in [0.15, 0.2) is 9.84 Å². The number of carbonyl (C=O) groups excluding carboxylic acids is 1. The van der Waals surface area contributed by atoms with Crippen molar-refractivity contribution in [3.8, 4) is 0 Å². The first-order valence-electron chi connectivity index (χ1n) is 8.65. The van der Waals surface area contributed by atoms with E-state index in [4.69, 9.17) is 0 Å². The number of amides is 1. The van der Waals surface area contributed by atoms with Crippen molar-refractivity contribution in [2.45, 2.75) is 44.4 Å². The molecule has 2 saturated carbocycles. The molecule has 1 aromatic heterocycles. The van der Waals surface area contributed by atoms with Crippen molar-refractivity contribution >= 4 is 15.7 Å². The van der Waals surface area contributed by atoms with Crippen molar-refractivity contribution in [1.82, 2.24) is 9.88 Å². The highest BCUT2D eigenvalue weighted by Crippen LogP contribution is 2.45. The fourth-order valence-electron chi connectivity index (χ4n) is 3.62. The fourth-order valence-corrected chi connectivity index (χ4v) is 5.26. The normalized spacial score (nSPS) is 27.7. The molecule has 1 unspecified atom stereocenters. The van der Waals surface area contributed by atoms with Crippen LogP contribution in [0.3, 0.4) is 0 Å². The molecule has 5 nitrogen and oxygen atoms in total. The van der Waals surface area contributed by atoms with E-state index in [1.807, 2.05) is 13.0 Å². The highest BCUT2D eigenvalue weighted by atomic mass is 32.2. The standard InChI is InChI=1S/C17H24N2O3S/c1-11-9-19(6-7-23(21,22)10-11)17(20)14-8-15(12-2-3-12)18-16(14)13-4-5-13/h8,11-13,18H,2-7,9-10H2,1H3. The molecule has 4 rings (SSSR count). The molecule has 1 N–H and O–H groups in total. The highest BCUT2D eigenvalue weighted by molar-refractivity contribution is 7.91. The summed E-state index contributed by atoms with van der Waals surface area (Å²) in [6.07, 6.45) is 4.71. The maximum Gasteiger partial charge on any atom is 0.255 e. The van der Waals surface area contributed by atoms with Crippen molar-refractivity contribution in [3.63, 3.8) is 0 Å². The first-order valence-corrected chi connectivity index (χ1v) is 10.5. The van der Waals surface area contributed by atoms with Gasteiger partial charge in [-0.05, 0) is 49.5 Å². The zero-order valence-electron chi connectivity index (χ0n) is 13.5. The Bertz CT molecular complexity index is 729. The lowest BCUT2D eigenvalue weighted by atomic mass is 10.1. The van der Waals surface area contributed by atoms with Crippen LogP contribution >= 0.6 is 0 Å². The lowest BCUT2D eigenvalue weighted by Crippen LogP contribution is -2.35. The molecule has 6 heteroatoms. The molecule has 2 heterocycles. The van der Waals surface area contributed by atoms with Crippen LogP contribution in [-0.4, -0.2) is 48.8 Å². The van der Waals surface area contributed by atoms with Gasteiger partial charge in [-0.15, -0.1) is 0 Å². The second-order valence-electron chi connectivity index (χ2n) is 7.57. The van der Waals surface area contributed by atoms with E-state index >= 15 is 0 Å². The van der Waals surface area contributed by atoms with Crippen molar-refractivity contribution in [2.24, 2.45) is 5.92 Å². The van der Waals surface area contributed by atoms with Gasteiger partial charge in [-0.3, -0.25) is 4.79 Å². The van der Waals surface area contributed by atoms with Gasteiger partial charge < -0.3 is 9.88 Å². The molecule has 3 aliphatic rings. The summed E-state index contributed by atoms with van der Waals surface area (Å²) in [4.78, 5) is 18.3. The predicted octanol–water partition coefficient (Wildman–Crippen LogP) is 2.28. The van der Waals surface area contributed by atoms with Crippen molar-refractivity contribution < 1.29 is 13.2 Å². The van der Waals surface area contributed by atoms with E-state index in [-0.39, 0.29) is 23.3 Å². The Labute approximate surface area is 137 Å². The average Bonchev–Trinajstić information content (AvgIpc) is 3.38. The van der Waals surface area contributed by atoms with Gasteiger partial charge in [0, 0.05) is 24.5 Å². The maximum absolute atomic E-state index is 13.0. The second-order valence-corrected chi connectivity index (χ2v) is 9.80. The quantitative estimate of drug-likeness (QED) is 0.920. The van der Waals surface area contributed by atoms with E-state index in [1.54, 1.807) is 4.90 Å². The molecule has 3 fully saturated rings. The molecule has 1 atom stereocenters. The zero-order valence-corrected chi connectivity index (χ0v) is 14.4. The Morgan fingerprint density at radius 1 is 1.22 bits per heavy atom. The minimum absolute atomic E-state index is 0.00216. The van der Waals surface area contributed by atoms with Crippen LogP contribution in [0.1, 0.15) is 66.2 Å². The summed E-state index contributed by atoms with van der Waals surface area (Å²) >= 11 is 0. The van der Waals surface area contributed by atoms with Gasteiger partial charge in [-0.2, -0.15) is 0 Å². The molecular weight excluding hydrogens is 312 g/mol. The van der Waals surface area contributed by atoms with E-state index in [0.29, 0.717) is 24.9 Å². The topological polar surface area (TPSA) is 70.2 Å². The Kier molecular flexibility index (Phi) is 3.55. The molecule has 0 radical (unpaired) electrons. The molecule has 1 saturated heterocycles. The van der Waals surface area contributed by atoms with E-state index in [1.165, 1.54) is 18.5 Å². The molecular formula is C17H24N2O3S. The Morgan fingerprint density at radius 2 is 1.91 bits per heavy atom. The number of sulfone groups is 1. The second kappa shape index (κ2) is 5.36. The van der Waals surface area contributed by atoms with Gasteiger partial charge >= 0.3 is 0 Å². The van der Waals surface area contributed by atoms with E-state index < -0.39 is 9.84 Å². The number of H-pyrrole nitrogens is 1. The SMILES string of the molecule is CC1CN(C(=O)c2cc(C3CC3)[nH]c2C2CC2)CCS(=O)(=O)C1. The lowest BCUT2D eigenvalue weighted by molar-refractivity contribution is 0.0750. The van der Waals surface area contributed by atoms with Crippen LogP contribution in [0.5, 0.6) is 0 Å². The third-order valence-electron chi connectivity index (χ3n) is 5.13. The van der Waals surface area contributed by atoms with E-state index in [0.717, 1.165) is 24.1 Å². The smallest absolute Gasteiger partial charge is 0.255 e. The summed E-state index contributed by atoms with van der Waals surface area (Å²) < 4.78 is 23.9. The molecule has 23 heavy (non-hydrogen) atoms. The minimum atomic E-state index is -3.03. The summed E-state index contributed by atoms with van der Waals surface area (Å²) in [5.74, 6) is 1.37. The molecule has 1 amide bonds. The van der Waals surface area contributed by atoms with Crippen LogP contribution < -0.4 is 0 Å². The average molecular weight is 336 g/mol. The monoisotopic (exact) mass is 336 g/mol. The highest BCUT2D eigenvalue weighted by Gasteiger charge is 2.36. The number of hydrogen-bond acceptors (Lipinski definition) is 3. The summed E-state index contributed by atoms with van der Waals surface area (Å²) in [6.45, 7) is 2.77. The van der Waals surface area contributed by atoms with E-state index in [2.05, 4.69) is 4.98 Å². The summed E-state index contributed by atoms with van der Waals surface area (Å²) in [6, 6.07) is 2.04. The molecule has 2 aliphatic carbocycles. The third kappa shape index (κ3) is 3.18. The fraction of sp³-hybridized carbons (Fsp3) is 0.706. The van der Waals surface area contributed by atoms with Crippen LogP contribution in [0.4, 0.5) is 0 Å². The van der Waals surface area contributed by atoms with Crippen molar-refractivity contribution in [2.75, 3.05) is 24.6 Å². The predicted molar refractivity (Wildman–Crippen MR) is 88.5 cm³/mol. The summed E-state index contributed by atoms with van der Waals surface area (Å²) in [5, 5.41) is 0. The third-order valence-corrected chi connectivity index (χ3v) is 7.01. The Morgan fingerprint density at radius 3 is 2.57 bits per heavy atom. The van der Waals surface area contributed by atoms with Gasteiger partial charge in [0.25, 0.3) is 5.91 Å². The van der Waals surface area contributed by atoms with Gasteiger partial charge in [0.05, 0.1) is 17.1 Å². The molecule has 1 aliphatic heterocycles. The maximum atomic E-state index is 13.0. The first kappa shape index (κ1) is 15.2. The summed E-state index contributed by atoms with van der Waals surface area (Å²) in [5.41, 5.74) is 3.09. The van der Waals surface area contributed by atoms with Crippen LogP contribution in [0.25, 0.3) is 0 Å². The van der Waals surface area contributed by atoms with Crippen LogP contribution in [0.15, 0.2) is 6.07 Å². The van der Waals surface area contributed by atoms with Gasteiger partial charge in [-0.25, -0.2) is 8.42 Å². The van der Waals surface area contributed by atoms with Crippen molar-refractivity contribution in [1.29, 1.82) is 0 Å². The van der Waals surface area contributed by atoms with Crippen molar-refractivity contribution in [3.05, 3.63) is 23.0 Å². The number of nitrogens with one attached hydrogen (secondary N) is 1. The largest absolute Gasteiger partial charge is 0.361 e. The number of hydrogen-bond donors (Lipinski definition) is 1. The summed E-state index contributed by atoms with van der Waals surface area (Å²) in [7, 11) is -3.03. The number of aromatic amines is 1. The zero-order chi connectivity index (χ0) is 16.2. The van der Waals surface area contributed by atoms with Crippen LogP contribution in [0.2, 0.25) is 0 Å². The molecule has 0 spiro atoms. The molecule has 1 aromatic rings. The van der Waals surface area contributed by atoms with Crippen LogP contribution in [0, 0.1) is 5.92 Å². The van der Waals surface area contributed by atoms with Gasteiger partial charge in [-0.1, -0.05) is 6.92 Å². The number of rotatable bonds is 3. The first-order chi connectivity index (χ1) is 10.9. The Hall–Kier alpha value is -1.30. The molecule has 126 valence electrons. The Balaban J connectivity index is 1.60. The minimum Gasteiger partial charge on any atom is -0.361 e. The van der Waals surface area contributed by atoms with Crippen LogP contribution in [-0.2, 0) is 9.84 Å². The molecule has 0 bridgehead atoms. The van der Waals surface area contributed by atoms with E-state index in [9.17, 15) is 13.2 Å². The van der Waals surface area contributed by atoms with Gasteiger partial charge in [0.2, 0.25) is 0 Å². The number of carbonyl (C=O) groups is 1. The molecule has 0 aromatic carbocycles. The number of nitrogens with zero attached hydrogens (tertiary/aromatic N) is 1. The number of aromatic nitrogens is 1.